The summed E-state index contributed by atoms with van der Waals surface area (Å²) in [5.41, 5.74) is 2.77. The van der Waals surface area contributed by atoms with Gasteiger partial charge >= 0.3 is 0 Å². The maximum absolute atomic E-state index is 5.34. The van der Waals surface area contributed by atoms with Crippen LogP contribution in [0.4, 0.5) is 0 Å². The molecule has 2 aliphatic rings. The van der Waals surface area contributed by atoms with Gasteiger partial charge in [0.15, 0.2) is 0 Å². The molecule has 3 atom stereocenters. The predicted molar refractivity (Wildman–Crippen MR) is 86.8 cm³/mol. The number of aryl methyl sites for hydroxylation is 1. The summed E-state index contributed by atoms with van der Waals surface area (Å²) < 4.78 is 5.34. The number of hydrogen-bond acceptors (Lipinski definition) is 3. The molecule has 1 aromatic rings. The fourth-order valence-corrected chi connectivity index (χ4v) is 4.50. The molecule has 0 radical (unpaired) electrons. The van der Waals surface area contributed by atoms with Gasteiger partial charge in [0, 0.05) is 18.1 Å². The van der Waals surface area contributed by atoms with Crippen LogP contribution in [0.15, 0.2) is 18.2 Å². The zero-order valence-corrected chi connectivity index (χ0v) is 13.7. The average molecular weight is 288 g/mol. The Bertz CT molecular complexity index is 488. The minimum absolute atomic E-state index is 0.465. The number of rotatable bonds is 4. The number of nitrogens with one attached hydrogen (secondary N) is 1. The number of hydrogen-bond donors (Lipinski definition) is 1. The minimum Gasteiger partial charge on any atom is -0.497 e. The van der Waals surface area contributed by atoms with E-state index in [0.29, 0.717) is 6.04 Å². The molecule has 2 saturated heterocycles. The van der Waals surface area contributed by atoms with Crippen LogP contribution >= 0.6 is 0 Å². The molecule has 116 valence electrons. The lowest BCUT2D eigenvalue weighted by molar-refractivity contribution is 0.114. The van der Waals surface area contributed by atoms with E-state index in [2.05, 4.69) is 49.4 Å². The van der Waals surface area contributed by atoms with Gasteiger partial charge in [-0.05, 0) is 75.9 Å². The zero-order chi connectivity index (χ0) is 15.0. The number of methoxy groups -OCH3 is 1. The molecule has 3 heteroatoms. The summed E-state index contributed by atoms with van der Waals surface area (Å²) in [4.78, 5) is 2.62. The summed E-state index contributed by atoms with van der Waals surface area (Å²) in [6.45, 7) is 2.20. The van der Waals surface area contributed by atoms with Crippen LogP contribution in [-0.2, 0) is 0 Å². The van der Waals surface area contributed by atoms with Crippen molar-refractivity contribution in [2.24, 2.45) is 5.92 Å². The van der Waals surface area contributed by atoms with Crippen LogP contribution in [0, 0.1) is 12.8 Å². The quantitative estimate of drug-likeness (QED) is 0.921. The van der Waals surface area contributed by atoms with Crippen molar-refractivity contribution in [2.75, 3.05) is 21.2 Å². The molecule has 1 N–H and O–H groups in total. The van der Waals surface area contributed by atoms with Gasteiger partial charge in [-0.2, -0.15) is 0 Å². The van der Waals surface area contributed by atoms with Crippen LogP contribution < -0.4 is 10.1 Å². The summed E-state index contributed by atoms with van der Waals surface area (Å²) in [6, 6.07) is 8.55. The average Bonchev–Trinajstić information content (AvgIpc) is 2.71. The van der Waals surface area contributed by atoms with E-state index in [1.165, 1.54) is 36.8 Å². The van der Waals surface area contributed by atoms with Crippen molar-refractivity contribution in [1.29, 1.82) is 0 Å². The second-order valence-corrected chi connectivity index (χ2v) is 6.77. The standard InChI is InChI=1S/C18H28N2O/c1-12-9-16(21-4)7-8-17(12)18(19-2)13-10-14-5-6-15(11-13)20(14)3/h7-9,13-15,18-19H,5-6,10-11H2,1-4H3. The van der Waals surface area contributed by atoms with Crippen LogP contribution in [0.3, 0.4) is 0 Å². The molecular weight excluding hydrogens is 260 g/mol. The first-order valence-electron chi connectivity index (χ1n) is 8.17. The highest BCUT2D eigenvalue weighted by atomic mass is 16.5. The fourth-order valence-electron chi connectivity index (χ4n) is 4.50. The SMILES string of the molecule is CNC(c1ccc(OC)cc1C)C1CC2CCC(C1)N2C. The molecule has 0 aromatic heterocycles. The van der Waals surface area contributed by atoms with E-state index in [9.17, 15) is 0 Å². The van der Waals surface area contributed by atoms with Crippen molar-refractivity contribution in [1.82, 2.24) is 10.2 Å². The Morgan fingerprint density at radius 2 is 1.90 bits per heavy atom. The molecule has 2 heterocycles. The Balaban J connectivity index is 1.82. The highest BCUT2D eigenvalue weighted by molar-refractivity contribution is 5.37. The lowest BCUT2D eigenvalue weighted by atomic mass is 9.81. The van der Waals surface area contributed by atoms with Crippen LogP contribution in [0.1, 0.15) is 42.9 Å². The van der Waals surface area contributed by atoms with Crippen molar-refractivity contribution in [3.8, 4) is 5.75 Å². The van der Waals surface area contributed by atoms with E-state index in [1.807, 2.05) is 0 Å². The number of piperidine rings is 1. The Labute approximate surface area is 128 Å². The van der Waals surface area contributed by atoms with Gasteiger partial charge in [-0.3, -0.25) is 0 Å². The Hall–Kier alpha value is -1.06. The molecule has 0 amide bonds. The van der Waals surface area contributed by atoms with Gasteiger partial charge < -0.3 is 15.0 Å². The molecular formula is C18H28N2O. The molecule has 0 spiro atoms. The molecule has 3 rings (SSSR count). The van der Waals surface area contributed by atoms with Gasteiger partial charge in [0.1, 0.15) is 5.75 Å². The molecule has 0 saturated carbocycles. The van der Waals surface area contributed by atoms with Crippen LogP contribution in [0.2, 0.25) is 0 Å². The fraction of sp³-hybridized carbons (Fsp3) is 0.667. The molecule has 1 aromatic carbocycles. The highest BCUT2D eigenvalue weighted by Crippen LogP contribution is 2.43. The highest BCUT2D eigenvalue weighted by Gasteiger charge is 2.41. The van der Waals surface area contributed by atoms with Crippen molar-refractivity contribution in [3.63, 3.8) is 0 Å². The third-order valence-electron chi connectivity index (χ3n) is 5.73. The van der Waals surface area contributed by atoms with E-state index < -0.39 is 0 Å². The smallest absolute Gasteiger partial charge is 0.119 e. The summed E-state index contributed by atoms with van der Waals surface area (Å²) in [7, 11) is 6.15. The molecule has 2 fully saturated rings. The van der Waals surface area contributed by atoms with E-state index >= 15 is 0 Å². The second-order valence-electron chi connectivity index (χ2n) is 6.77. The minimum atomic E-state index is 0.465. The van der Waals surface area contributed by atoms with Gasteiger partial charge in [-0.25, -0.2) is 0 Å². The lowest BCUT2D eigenvalue weighted by Crippen LogP contribution is -2.43. The first-order chi connectivity index (χ1) is 10.1. The maximum atomic E-state index is 5.34. The van der Waals surface area contributed by atoms with E-state index in [4.69, 9.17) is 4.74 Å². The number of fused-ring (bicyclic) bond motifs is 2. The van der Waals surface area contributed by atoms with Gasteiger partial charge in [-0.1, -0.05) is 6.07 Å². The molecule has 3 unspecified atom stereocenters. The van der Waals surface area contributed by atoms with Crippen LogP contribution in [-0.4, -0.2) is 38.2 Å². The number of nitrogens with zero attached hydrogens (tertiary/aromatic N) is 1. The van der Waals surface area contributed by atoms with Crippen molar-refractivity contribution in [2.45, 2.75) is 50.7 Å². The van der Waals surface area contributed by atoms with Crippen molar-refractivity contribution >= 4 is 0 Å². The summed E-state index contributed by atoms with van der Waals surface area (Å²) in [5, 5.41) is 3.59. The third kappa shape index (κ3) is 2.69. The van der Waals surface area contributed by atoms with Crippen LogP contribution in [0.25, 0.3) is 0 Å². The van der Waals surface area contributed by atoms with E-state index in [0.717, 1.165) is 23.8 Å². The summed E-state index contributed by atoms with van der Waals surface area (Å²) >= 11 is 0. The molecule has 0 aliphatic carbocycles. The predicted octanol–water partition coefficient (Wildman–Crippen LogP) is 3.14. The molecule has 3 nitrogen and oxygen atoms in total. The molecule has 2 aliphatic heterocycles. The zero-order valence-electron chi connectivity index (χ0n) is 13.7. The Morgan fingerprint density at radius 1 is 1.24 bits per heavy atom. The maximum Gasteiger partial charge on any atom is 0.119 e. The van der Waals surface area contributed by atoms with Gasteiger partial charge in [0.2, 0.25) is 0 Å². The first-order valence-corrected chi connectivity index (χ1v) is 8.17. The molecule has 21 heavy (non-hydrogen) atoms. The monoisotopic (exact) mass is 288 g/mol. The largest absolute Gasteiger partial charge is 0.497 e. The molecule has 2 bridgehead atoms. The summed E-state index contributed by atoms with van der Waals surface area (Å²) in [6.07, 6.45) is 5.42. The van der Waals surface area contributed by atoms with Crippen molar-refractivity contribution in [3.05, 3.63) is 29.3 Å². The third-order valence-corrected chi connectivity index (χ3v) is 5.73. The second kappa shape index (κ2) is 5.98. The first kappa shape index (κ1) is 14.9. The van der Waals surface area contributed by atoms with Gasteiger partial charge in [-0.15, -0.1) is 0 Å². The topological polar surface area (TPSA) is 24.5 Å². The normalized spacial score (nSPS) is 30.4. The Kier molecular flexibility index (Phi) is 4.23. The number of ether oxygens (including phenoxy) is 1. The number of benzene rings is 1. The summed E-state index contributed by atoms with van der Waals surface area (Å²) in [5.74, 6) is 1.70. The van der Waals surface area contributed by atoms with Gasteiger partial charge in [0.05, 0.1) is 7.11 Å². The Morgan fingerprint density at radius 3 is 2.43 bits per heavy atom. The van der Waals surface area contributed by atoms with Gasteiger partial charge in [0.25, 0.3) is 0 Å². The lowest BCUT2D eigenvalue weighted by Gasteiger charge is -2.40. The van der Waals surface area contributed by atoms with E-state index in [-0.39, 0.29) is 0 Å². The van der Waals surface area contributed by atoms with E-state index in [1.54, 1.807) is 7.11 Å². The van der Waals surface area contributed by atoms with Crippen molar-refractivity contribution < 1.29 is 4.74 Å². The van der Waals surface area contributed by atoms with Crippen LogP contribution in [0.5, 0.6) is 5.75 Å².